The molecule has 1 fully saturated rings. The van der Waals surface area contributed by atoms with Gasteiger partial charge in [0.2, 0.25) is 0 Å². The molecule has 120 valence electrons. The van der Waals surface area contributed by atoms with Crippen molar-refractivity contribution in [3.8, 4) is 11.1 Å². The van der Waals surface area contributed by atoms with E-state index in [1.807, 2.05) is 42.5 Å². The monoisotopic (exact) mass is 308 g/mol. The summed E-state index contributed by atoms with van der Waals surface area (Å²) in [5.74, 6) is 0.641. The van der Waals surface area contributed by atoms with Crippen molar-refractivity contribution in [1.29, 1.82) is 0 Å². The van der Waals surface area contributed by atoms with E-state index in [9.17, 15) is 4.79 Å². The van der Waals surface area contributed by atoms with Crippen LogP contribution in [0.3, 0.4) is 0 Å². The molecule has 3 nitrogen and oxygen atoms in total. The van der Waals surface area contributed by atoms with Crippen LogP contribution < -0.4 is 5.32 Å². The highest BCUT2D eigenvalue weighted by Crippen LogP contribution is 2.19. The number of carbonyl (C=O) groups excluding carboxylic acids is 1. The Balaban J connectivity index is 1.55. The Kier molecular flexibility index (Phi) is 5.09. The Bertz CT molecular complexity index is 628. The van der Waals surface area contributed by atoms with Gasteiger partial charge in [0.15, 0.2) is 0 Å². The topological polar surface area (TPSA) is 32.3 Å². The van der Waals surface area contributed by atoms with Crippen molar-refractivity contribution < 1.29 is 4.79 Å². The maximum atomic E-state index is 12.3. The number of carbonyl (C=O) groups is 1. The van der Waals surface area contributed by atoms with Crippen LogP contribution >= 0.6 is 0 Å². The molecule has 2 aromatic rings. The summed E-state index contributed by atoms with van der Waals surface area (Å²) in [5, 5.41) is 3.09. The van der Waals surface area contributed by atoms with Crippen molar-refractivity contribution in [2.45, 2.75) is 12.8 Å². The lowest BCUT2D eigenvalue weighted by Gasteiger charge is -2.28. The van der Waals surface area contributed by atoms with Gasteiger partial charge in [-0.1, -0.05) is 42.5 Å². The third-order valence-electron chi connectivity index (χ3n) is 4.64. The second-order valence-corrected chi connectivity index (χ2v) is 6.40. The Morgan fingerprint density at radius 3 is 2.26 bits per heavy atom. The average Bonchev–Trinajstić information content (AvgIpc) is 2.62. The molecule has 1 saturated heterocycles. The molecule has 0 radical (unpaired) electrons. The van der Waals surface area contributed by atoms with E-state index in [0.29, 0.717) is 5.92 Å². The molecule has 3 heteroatoms. The molecule has 1 N–H and O–H groups in total. The molecule has 1 heterocycles. The summed E-state index contributed by atoms with van der Waals surface area (Å²) in [6.07, 6.45) is 2.34. The number of piperidine rings is 1. The van der Waals surface area contributed by atoms with Gasteiger partial charge in [0.05, 0.1) is 0 Å². The quantitative estimate of drug-likeness (QED) is 0.938. The van der Waals surface area contributed by atoms with Gasteiger partial charge < -0.3 is 10.2 Å². The number of amides is 1. The van der Waals surface area contributed by atoms with E-state index in [0.717, 1.165) is 30.8 Å². The molecule has 0 spiro atoms. The first-order valence-corrected chi connectivity index (χ1v) is 8.34. The zero-order valence-corrected chi connectivity index (χ0v) is 13.7. The summed E-state index contributed by atoms with van der Waals surface area (Å²) in [4.78, 5) is 14.6. The lowest BCUT2D eigenvalue weighted by molar-refractivity contribution is 0.0939. The maximum Gasteiger partial charge on any atom is 0.251 e. The number of nitrogens with zero attached hydrogens (tertiary/aromatic N) is 1. The molecule has 23 heavy (non-hydrogen) atoms. The van der Waals surface area contributed by atoms with Gasteiger partial charge in [-0.15, -0.1) is 0 Å². The van der Waals surface area contributed by atoms with Crippen molar-refractivity contribution >= 4 is 5.91 Å². The normalized spacial score (nSPS) is 16.2. The van der Waals surface area contributed by atoms with Gasteiger partial charge in [-0.3, -0.25) is 4.79 Å². The minimum Gasteiger partial charge on any atom is -0.352 e. The Labute approximate surface area is 138 Å². The minimum atomic E-state index is 0.0311. The number of hydrogen-bond acceptors (Lipinski definition) is 2. The number of nitrogens with one attached hydrogen (secondary N) is 1. The zero-order chi connectivity index (χ0) is 16.1. The molecule has 0 aliphatic carbocycles. The van der Waals surface area contributed by atoms with E-state index in [1.165, 1.54) is 18.4 Å². The molecule has 0 atom stereocenters. The van der Waals surface area contributed by atoms with E-state index in [4.69, 9.17) is 0 Å². The van der Waals surface area contributed by atoms with Crippen LogP contribution in [0.5, 0.6) is 0 Å². The van der Waals surface area contributed by atoms with Gasteiger partial charge in [0.25, 0.3) is 5.91 Å². The average molecular weight is 308 g/mol. The van der Waals surface area contributed by atoms with Gasteiger partial charge in [-0.05, 0) is 62.2 Å². The summed E-state index contributed by atoms with van der Waals surface area (Å²) in [5.41, 5.74) is 3.04. The molecule has 0 unspecified atom stereocenters. The number of rotatable bonds is 4. The standard InChI is InChI=1S/C20H24N2O/c1-22-13-11-16(12-14-22)15-21-20(23)19-9-7-18(8-10-19)17-5-3-2-4-6-17/h2-10,16H,11-15H2,1H3,(H,21,23). The predicted molar refractivity (Wildman–Crippen MR) is 94.4 cm³/mol. The van der Waals surface area contributed by atoms with Gasteiger partial charge >= 0.3 is 0 Å². The second-order valence-electron chi connectivity index (χ2n) is 6.40. The summed E-state index contributed by atoms with van der Waals surface area (Å²) in [6.45, 7) is 3.05. The van der Waals surface area contributed by atoms with Crippen LogP contribution in [-0.2, 0) is 0 Å². The van der Waals surface area contributed by atoms with Crippen molar-refractivity contribution in [3.63, 3.8) is 0 Å². The second kappa shape index (κ2) is 7.42. The molecular formula is C20H24N2O. The largest absolute Gasteiger partial charge is 0.352 e. The first kappa shape index (κ1) is 15.8. The van der Waals surface area contributed by atoms with Crippen molar-refractivity contribution in [2.24, 2.45) is 5.92 Å². The molecule has 1 amide bonds. The van der Waals surface area contributed by atoms with Crippen LogP contribution in [0.1, 0.15) is 23.2 Å². The minimum absolute atomic E-state index is 0.0311. The smallest absolute Gasteiger partial charge is 0.251 e. The highest BCUT2D eigenvalue weighted by Gasteiger charge is 2.17. The summed E-state index contributed by atoms with van der Waals surface area (Å²) < 4.78 is 0. The summed E-state index contributed by atoms with van der Waals surface area (Å²) >= 11 is 0. The molecule has 1 aliphatic rings. The number of benzene rings is 2. The van der Waals surface area contributed by atoms with Crippen molar-refractivity contribution in [1.82, 2.24) is 10.2 Å². The fourth-order valence-corrected chi connectivity index (χ4v) is 3.05. The van der Waals surface area contributed by atoms with Crippen LogP contribution in [0, 0.1) is 5.92 Å². The Morgan fingerprint density at radius 1 is 1.00 bits per heavy atom. The van der Waals surface area contributed by atoms with Crippen LogP contribution in [0.2, 0.25) is 0 Å². The fraction of sp³-hybridized carbons (Fsp3) is 0.350. The third kappa shape index (κ3) is 4.20. The van der Waals surface area contributed by atoms with E-state index in [1.54, 1.807) is 0 Å². The molecule has 1 aliphatic heterocycles. The third-order valence-corrected chi connectivity index (χ3v) is 4.64. The van der Waals surface area contributed by atoms with Gasteiger partial charge in [0, 0.05) is 12.1 Å². The predicted octanol–water partition coefficient (Wildman–Crippen LogP) is 3.43. The van der Waals surface area contributed by atoms with Crippen LogP contribution in [0.25, 0.3) is 11.1 Å². The van der Waals surface area contributed by atoms with Crippen LogP contribution in [0.4, 0.5) is 0 Å². The number of likely N-dealkylation sites (tertiary alicyclic amines) is 1. The first-order chi connectivity index (χ1) is 11.2. The van der Waals surface area contributed by atoms with E-state index >= 15 is 0 Å². The van der Waals surface area contributed by atoms with E-state index in [2.05, 4.69) is 29.4 Å². The van der Waals surface area contributed by atoms with E-state index in [-0.39, 0.29) is 5.91 Å². The molecule has 0 bridgehead atoms. The highest BCUT2D eigenvalue weighted by molar-refractivity contribution is 5.94. The number of hydrogen-bond donors (Lipinski definition) is 1. The zero-order valence-electron chi connectivity index (χ0n) is 13.7. The van der Waals surface area contributed by atoms with E-state index < -0.39 is 0 Å². The summed E-state index contributed by atoms with van der Waals surface area (Å²) in [6, 6.07) is 18.1. The molecular weight excluding hydrogens is 284 g/mol. The molecule has 0 saturated carbocycles. The SMILES string of the molecule is CN1CCC(CNC(=O)c2ccc(-c3ccccc3)cc2)CC1. The lowest BCUT2D eigenvalue weighted by atomic mass is 9.97. The fourth-order valence-electron chi connectivity index (χ4n) is 3.05. The lowest BCUT2D eigenvalue weighted by Crippen LogP contribution is -2.36. The molecule has 2 aromatic carbocycles. The van der Waals surface area contributed by atoms with Gasteiger partial charge in [-0.25, -0.2) is 0 Å². The van der Waals surface area contributed by atoms with Gasteiger partial charge in [-0.2, -0.15) is 0 Å². The molecule has 3 rings (SSSR count). The highest BCUT2D eigenvalue weighted by atomic mass is 16.1. The molecule has 0 aromatic heterocycles. The first-order valence-electron chi connectivity index (χ1n) is 8.34. The Hall–Kier alpha value is -2.13. The van der Waals surface area contributed by atoms with Crippen molar-refractivity contribution in [3.05, 3.63) is 60.2 Å². The Morgan fingerprint density at radius 2 is 1.61 bits per heavy atom. The van der Waals surface area contributed by atoms with Crippen LogP contribution in [0.15, 0.2) is 54.6 Å². The van der Waals surface area contributed by atoms with Gasteiger partial charge in [0.1, 0.15) is 0 Å². The summed E-state index contributed by atoms with van der Waals surface area (Å²) in [7, 11) is 2.16. The van der Waals surface area contributed by atoms with Crippen LogP contribution in [-0.4, -0.2) is 37.5 Å². The maximum absolute atomic E-state index is 12.3. The van der Waals surface area contributed by atoms with Crippen molar-refractivity contribution in [2.75, 3.05) is 26.7 Å².